The van der Waals surface area contributed by atoms with Gasteiger partial charge >= 0.3 is 0 Å². The van der Waals surface area contributed by atoms with Crippen LogP contribution >= 0.6 is 0 Å². The molecule has 0 saturated carbocycles. The van der Waals surface area contributed by atoms with Gasteiger partial charge in [0.05, 0.1) is 17.3 Å². The highest BCUT2D eigenvalue weighted by molar-refractivity contribution is 5.98. The number of nitrogens with one attached hydrogen (secondary N) is 1. The molecule has 2 aromatic rings. The summed E-state index contributed by atoms with van der Waals surface area (Å²) < 4.78 is 14.0. The molecule has 2 saturated heterocycles. The van der Waals surface area contributed by atoms with Crippen LogP contribution in [-0.2, 0) is 4.79 Å². The second kappa shape index (κ2) is 9.50. The quantitative estimate of drug-likeness (QED) is 0.781. The number of piperidine rings is 2. The summed E-state index contributed by atoms with van der Waals surface area (Å²) >= 11 is 0. The summed E-state index contributed by atoms with van der Waals surface area (Å²) in [4.78, 5) is 29.9. The molecule has 2 aromatic carbocycles. The summed E-state index contributed by atoms with van der Waals surface area (Å²) in [5.74, 6) is -0.862. The number of hydrogen-bond donors (Lipinski definition) is 1. The molecular weight excluding hydrogens is 393 g/mol. The van der Waals surface area contributed by atoms with Crippen LogP contribution in [0.2, 0.25) is 0 Å². The SMILES string of the molecule is Cc1ccc(C(=O)N2CCCC(C(=O)Nc3cc(F)ccc3N3CCCCC3)C2)cc1. The topological polar surface area (TPSA) is 52.7 Å². The zero-order chi connectivity index (χ0) is 21.8. The summed E-state index contributed by atoms with van der Waals surface area (Å²) in [5.41, 5.74) is 3.14. The molecule has 1 atom stereocenters. The van der Waals surface area contributed by atoms with Crippen molar-refractivity contribution in [1.82, 2.24) is 4.90 Å². The number of carbonyl (C=O) groups is 2. The predicted molar refractivity (Wildman–Crippen MR) is 121 cm³/mol. The van der Waals surface area contributed by atoms with Crippen LogP contribution in [0.5, 0.6) is 0 Å². The average Bonchev–Trinajstić information content (AvgIpc) is 2.80. The van der Waals surface area contributed by atoms with Gasteiger partial charge in [0.2, 0.25) is 5.91 Å². The first-order chi connectivity index (χ1) is 15.0. The standard InChI is InChI=1S/C25H30FN3O2/c1-18-7-9-19(10-8-18)25(31)29-15-5-6-20(17-29)24(30)27-22-16-21(26)11-12-23(22)28-13-3-2-4-14-28/h7-12,16,20H,2-6,13-15,17H2,1H3,(H,27,30). The molecule has 2 amide bonds. The lowest BCUT2D eigenvalue weighted by molar-refractivity contribution is -0.121. The fraction of sp³-hybridized carbons (Fsp3) is 0.440. The number of halogens is 1. The van der Waals surface area contributed by atoms with E-state index in [1.54, 1.807) is 11.0 Å². The molecule has 31 heavy (non-hydrogen) atoms. The largest absolute Gasteiger partial charge is 0.370 e. The number of aryl methyl sites for hydroxylation is 1. The minimum atomic E-state index is -0.365. The first-order valence-electron chi connectivity index (χ1n) is 11.2. The highest BCUT2D eigenvalue weighted by Gasteiger charge is 2.29. The van der Waals surface area contributed by atoms with Crippen molar-refractivity contribution in [3.63, 3.8) is 0 Å². The fourth-order valence-electron chi connectivity index (χ4n) is 4.51. The van der Waals surface area contributed by atoms with Crippen molar-refractivity contribution in [2.24, 2.45) is 5.92 Å². The van der Waals surface area contributed by atoms with Crippen LogP contribution in [0.3, 0.4) is 0 Å². The Morgan fingerprint density at radius 2 is 1.71 bits per heavy atom. The van der Waals surface area contributed by atoms with E-state index in [0.717, 1.165) is 50.0 Å². The molecule has 1 unspecified atom stereocenters. The maximum Gasteiger partial charge on any atom is 0.253 e. The van der Waals surface area contributed by atoms with Crippen molar-refractivity contribution < 1.29 is 14.0 Å². The van der Waals surface area contributed by atoms with Crippen molar-refractivity contribution in [2.45, 2.75) is 39.0 Å². The van der Waals surface area contributed by atoms with Crippen LogP contribution in [0.25, 0.3) is 0 Å². The Labute approximate surface area is 183 Å². The van der Waals surface area contributed by atoms with E-state index < -0.39 is 0 Å². The van der Waals surface area contributed by atoms with Crippen LogP contribution in [0, 0.1) is 18.7 Å². The normalized spacial score (nSPS) is 19.2. The van der Waals surface area contributed by atoms with E-state index in [9.17, 15) is 14.0 Å². The fourth-order valence-corrected chi connectivity index (χ4v) is 4.51. The van der Waals surface area contributed by atoms with Crippen LogP contribution in [-0.4, -0.2) is 42.9 Å². The Morgan fingerprint density at radius 1 is 0.968 bits per heavy atom. The van der Waals surface area contributed by atoms with Gasteiger partial charge in [-0.25, -0.2) is 4.39 Å². The van der Waals surface area contributed by atoms with E-state index >= 15 is 0 Å². The van der Waals surface area contributed by atoms with Crippen LogP contribution in [0.1, 0.15) is 48.0 Å². The van der Waals surface area contributed by atoms with E-state index in [0.29, 0.717) is 24.3 Å². The molecule has 6 heteroatoms. The minimum absolute atomic E-state index is 0.0442. The number of carbonyl (C=O) groups excluding carboxylic acids is 2. The lowest BCUT2D eigenvalue weighted by Crippen LogP contribution is -2.44. The van der Waals surface area contributed by atoms with Crippen molar-refractivity contribution in [3.8, 4) is 0 Å². The second-order valence-corrected chi connectivity index (χ2v) is 8.65. The van der Waals surface area contributed by atoms with E-state index in [-0.39, 0.29) is 23.5 Å². The molecule has 0 aliphatic carbocycles. The van der Waals surface area contributed by atoms with Gasteiger partial charge in [-0.1, -0.05) is 17.7 Å². The number of anilines is 2. The highest BCUT2D eigenvalue weighted by atomic mass is 19.1. The van der Waals surface area contributed by atoms with Crippen LogP contribution in [0.4, 0.5) is 15.8 Å². The molecule has 2 fully saturated rings. The van der Waals surface area contributed by atoms with Crippen LogP contribution < -0.4 is 10.2 Å². The summed E-state index contributed by atoms with van der Waals surface area (Å²) in [6.45, 7) is 4.84. The summed E-state index contributed by atoms with van der Waals surface area (Å²) in [6.07, 6.45) is 4.90. The van der Waals surface area contributed by atoms with Crippen molar-refractivity contribution in [2.75, 3.05) is 36.4 Å². The van der Waals surface area contributed by atoms with Gasteiger partial charge in [0.15, 0.2) is 0 Å². The molecule has 0 radical (unpaired) electrons. The Kier molecular flexibility index (Phi) is 6.54. The molecular formula is C25H30FN3O2. The molecule has 1 N–H and O–H groups in total. The van der Waals surface area contributed by atoms with Gasteiger partial charge in [-0.05, 0) is 69.4 Å². The smallest absolute Gasteiger partial charge is 0.253 e. The molecule has 2 aliphatic heterocycles. The molecule has 0 bridgehead atoms. The maximum absolute atomic E-state index is 14.0. The van der Waals surface area contributed by atoms with E-state index in [2.05, 4.69) is 10.2 Å². The first-order valence-corrected chi connectivity index (χ1v) is 11.2. The first kappa shape index (κ1) is 21.3. The number of likely N-dealkylation sites (tertiary alicyclic amines) is 1. The second-order valence-electron chi connectivity index (χ2n) is 8.65. The molecule has 0 spiro atoms. The molecule has 2 heterocycles. The van der Waals surface area contributed by atoms with Crippen molar-refractivity contribution >= 4 is 23.2 Å². The summed E-state index contributed by atoms with van der Waals surface area (Å²) in [5, 5.41) is 2.97. The van der Waals surface area contributed by atoms with Gasteiger partial charge in [-0.2, -0.15) is 0 Å². The minimum Gasteiger partial charge on any atom is -0.370 e. The Bertz CT molecular complexity index is 938. The number of rotatable bonds is 4. The Hall–Kier alpha value is -2.89. The summed E-state index contributed by atoms with van der Waals surface area (Å²) in [6, 6.07) is 12.1. The number of hydrogen-bond acceptors (Lipinski definition) is 3. The van der Waals surface area contributed by atoms with Gasteiger partial charge in [-0.3, -0.25) is 9.59 Å². The lowest BCUT2D eigenvalue weighted by atomic mass is 9.96. The van der Waals surface area contributed by atoms with E-state index in [1.165, 1.54) is 18.6 Å². The maximum atomic E-state index is 14.0. The lowest BCUT2D eigenvalue weighted by Gasteiger charge is -2.33. The van der Waals surface area contributed by atoms with Gasteiger partial charge < -0.3 is 15.1 Å². The number of amides is 2. The van der Waals surface area contributed by atoms with Crippen molar-refractivity contribution in [3.05, 3.63) is 59.4 Å². The average molecular weight is 424 g/mol. The Balaban J connectivity index is 1.45. The number of nitrogens with zero attached hydrogens (tertiary/aromatic N) is 2. The Morgan fingerprint density at radius 3 is 2.45 bits per heavy atom. The molecule has 4 rings (SSSR count). The zero-order valence-electron chi connectivity index (χ0n) is 18.1. The molecule has 164 valence electrons. The van der Waals surface area contributed by atoms with E-state index in [1.807, 2.05) is 31.2 Å². The predicted octanol–water partition coefficient (Wildman–Crippen LogP) is 4.62. The number of benzene rings is 2. The third-order valence-corrected chi connectivity index (χ3v) is 6.29. The monoisotopic (exact) mass is 423 g/mol. The van der Waals surface area contributed by atoms with Crippen LogP contribution in [0.15, 0.2) is 42.5 Å². The third-order valence-electron chi connectivity index (χ3n) is 6.29. The molecule has 0 aromatic heterocycles. The summed E-state index contributed by atoms with van der Waals surface area (Å²) in [7, 11) is 0. The molecule has 5 nitrogen and oxygen atoms in total. The van der Waals surface area contributed by atoms with E-state index in [4.69, 9.17) is 0 Å². The van der Waals surface area contributed by atoms with Gasteiger partial charge in [-0.15, -0.1) is 0 Å². The highest BCUT2D eigenvalue weighted by Crippen LogP contribution is 2.30. The third kappa shape index (κ3) is 5.06. The zero-order valence-corrected chi connectivity index (χ0v) is 18.1. The van der Waals surface area contributed by atoms with Gasteiger partial charge in [0, 0.05) is 31.7 Å². The molecule has 2 aliphatic rings. The van der Waals surface area contributed by atoms with Gasteiger partial charge in [0.1, 0.15) is 5.82 Å². The van der Waals surface area contributed by atoms with Crippen molar-refractivity contribution in [1.29, 1.82) is 0 Å². The van der Waals surface area contributed by atoms with Gasteiger partial charge in [0.25, 0.3) is 5.91 Å².